The molecule has 0 radical (unpaired) electrons. The summed E-state index contributed by atoms with van der Waals surface area (Å²) >= 11 is 0. The molecule has 1 rings (SSSR count). The van der Waals surface area contributed by atoms with Crippen LogP contribution in [0.15, 0.2) is 0 Å². The fourth-order valence-electron chi connectivity index (χ4n) is 4.81. The van der Waals surface area contributed by atoms with Gasteiger partial charge in [-0.25, -0.2) is 0 Å². The molecule has 1 heterocycles. The molecule has 1 aliphatic heterocycles. The molecule has 0 bridgehead atoms. The molecular formula is C18H48FN3OSi5. The van der Waals surface area contributed by atoms with Gasteiger partial charge in [-0.3, -0.25) is 8.00 Å². The average molecular weight is 482 g/mol. The van der Waals surface area contributed by atoms with E-state index in [1.165, 1.54) is 0 Å². The van der Waals surface area contributed by atoms with Crippen LogP contribution in [0.3, 0.4) is 0 Å². The van der Waals surface area contributed by atoms with Gasteiger partial charge in [0.2, 0.25) is 0 Å². The van der Waals surface area contributed by atoms with Crippen LogP contribution in [0.2, 0.25) is 62.5 Å². The molecule has 0 N–H and O–H groups in total. The number of halogens is 1. The number of nitrogens with zero attached hydrogens (tertiary/aromatic N) is 3. The average Bonchev–Trinajstić information content (AvgIpc) is 2.29. The van der Waals surface area contributed by atoms with Crippen molar-refractivity contribution in [2.75, 3.05) is 14.1 Å². The highest BCUT2D eigenvalue weighted by molar-refractivity contribution is 7.14. The monoisotopic (exact) mass is 481 g/mol. The molecule has 0 unspecified atom stereocenters. The van der Waals surface area contributed by atoms with E-state index in [0.717, 1.165) is 0 Å². The minimum absolute atomic E-state index is 0.0708. The van der Waals surface area contributed by atoms with Gasteiger partial charge in [0.1, 0.15) is 16.5 Å². The van der Waals surface area contributed by atoms with Crippen molar-refractivity contribution in [1.29, 1.82) is 0 Å². The fraction of sp³-hybridized carbons (Fsp3) is 1.00. The normalized spacial score (nSPS) is 22.0. The van der Waals surface area contributed by atoms with Crippen molar-refractivity contribution in [3.63, 3.8) is 0 Å². The van der Waals surface area contributed by atoms with Crippen LogP contribution in [0.4, 0.5) is 4.11 Å². The zero-order valence-electron chi connectivity index (χ0n) is 21.6. The highest BCUT2D eigenvalue weighted by Crippen LogP contribution is 2.63. The van der Waals surface area contributed by atoms with Gasteiger partial charge in [0, 0.05) is 0 Å². The Bertz CT molecular complexity index is 550. The van der Waals surface area contributed by atoms with Gasteiger partial charge < -0.3 is 12.6 Å². The van der Waals surface area contributed by atoms with Crippen LogP contribution in [0.5, 0.6) is 0 Å². The van der Waals surface area contributed by atoms with Gasteiger partial charge in [-0.15, -0.1) is 0 Å². The smallest absolute Gasteiger partial charge is 0.409 e. The molecule has 0 aromatic rings. The molecule has 0 saturated carbocycles. The van der Waals surface area contributed by atoms with Crippen LogP contribution in [0.25, 0.3) is 0 Å². The SMILES string of the molecule is CN([Si](C)(C)C)[Si]1(N(C)[Si](C)(C)C)O[Si](C(C)(C)C)(C(C)(C)C)N1[Si](C)(C)F. The van der Waals surface area contributed by atoms with Gasteiger partial charge >= 0.3 is 17.4 Å². The van der Waals surface area contributed by atoms with Gasteiger partial charge in [-0.05, 0) is 37.3 Å². The lowest BCUT2D eigenvalue weighted by molar-refractivity contribution is 0.202. The molecule has 0 aromatic heterocycles. The summed E-state index contributed by atoms with van der Waals surface area (Å²) in [6.07, 6.45) is 0. The van der Waals surface area contributed by atoms with E-state index >= 15 is 4.11 Å². The Hall–Kier alpha value is 0.854. The first-order valence-electron chi connectivity index (χ1n) is 10.6. The lowest BCUT2D eigenvalue weighted by atomic mass is 10.2. The van der Waals surface area contributed by atoms with E-state index in [1.54, 1.807) is 0 Å². The maximum atomic E-state index is 16.4. The Labute approximate surface area is 180 Å². The van der Waals surface area contributed by atoms with E-state index in [2.05, 4.69) is 107 Å². The molecule has 0 atom stereocenters. The molecule has 1 fully saturated rings. The molecule has 0 amide bonds. The Morgan fingerprint density at radius 2 is 1.00 bits per heavy atom. The summed E-state index contributed by atoms with van der Waals surface area (Å²) in [5.41, 5.74) is 0. The van der Waals surface area contributed by atoms with E-state index in [9.17, 15) is 0 Å². The predicted molar refractivity (Wildman–Crippen MR) is 135 cm³/mol. The second-order valence-electron chi connectivity index (χ2n) is 13.0. The molecule has 1 saturated heterocycles. The summed E-state index contributed by atoms with van der Waals surface area (Å²) in [6.45, 7) is 31.6. The topological polar surface area (TPSA) is 19.0 Å². The molecule has 168 valence electrons. The minimum atomic E-state index is -3.15. The van der Waals surface area contributed by atoms with Crippen LogP contribution >= 0.6 is 0 Å². The van der Waals surface area contributed by atoms with Gasteiger partial charge in [-0.2, -0.15) is 0 Å². The van der Waals surface area contributed by atoms with Crippen LogP contribution in [-0.4, -0.2) is 68.8 Å². The quantitative estimate of drug-likeness (QED) is 0.354. The molecule has 28 heavy (non-hydrogen) atoms. The van der Waals surface area contributed by atoms with E-state index in [4.69, 9.17) is 4.12 Å². The fourth-order valence-corrected chi connectivity index (χ4v) is 39.9. The Kier molecular flexibility index (Phi) is 6.91. The van der Waals surface area contributed by atoms with Gasteiger partial charge in [0.05, 0.1) is 0 Å². The van der Waals surface area contributed by atoms with E-state index in [1.807, 2.05) is 13.1 Å². The third-order valence-electron chi connectivity index (χ3n) is 6.34. The van der Waals surface area contributed by atoms with Crippen molar-refractivity contribution in [2.45, 2.75) is 104 Å². The maximum absolute atomic E-state index is 16.4. The first-order chi connectivity index (χ1) is 11.9. The summed E-state index contributed by atoms with van der Waals surface area (Å²) in [6, 6.07) is 0. The van der Waals surface area contributed by atoms with E-state index < -0.39 is 42.3 Å². The summed E-state index contributed by atoms with van der Waals surface area (Å²) < 4.78 is 31.5. The van der Waals surface area contributed by atoms with Gasteiger partial charge in [0.15, 0.2) is 0 Å². The van der Waals surface area contributed by atoms with Crippen molar-refractivity contribution in [2.24, 2.45) is 0 Å². The third-order valence-corrected chi connectivity index (χ3v) is 33.3. The van der Waals surface area contributed by atoms with Crippen molar-refractivity contribution in [3.8, 4) is 0 Å². The summed E-state index contributed by atoms with van der Waals surface area (Å²) in [4.78, 5) is 0. The minimum Gasteiger partial charge on any atom is -0.409 e. The molecule has 0 spiro atoms. The zero-order valence-corrected chi connectivity index (χ0v) is 26.6. The summed E-state index contributed by atoms with van der Waals surface area (Å²) in [7, 11) is -7.50. The summed E-state index contributed by atoms with van der Waals surface area (Å²) in [5, 5.41) is -0.142. The maximum Gasteiger partial charge on any atom is 0.414 e. The Balaban J connectivity index is 3.95. The Morgan fingerprint density at radius 3 is 1.18 bits per heavy atom. The molecule has 4 nitrogen and oxygen atoms in total. The highest BCUT2D eigenvalue weighted by Gasteiger charge is 2.83. The van der Waals surface area contributed by atoms with Gasteiger partial charge in [0.25, 0.3) is 8.48 Å². The molecule has 10 heteroatoms. The lowest BCUT2D eigenvalue weighted by Crippen LogP contribution is -3.02. The van der Waals surface area contributed by atoms with E-state index in [0.29, 0.717) is 0 Å². The largest absolute Gasteiger partial charge is 0.414 e. The molecule has 0 aromatic carbocycles. The van der Waals surface area contributed by atoms with E-state index in [-0.39, 0.29) is 10.1 Å². The molecule has 1 aliphatic rings. The zero-order chi connectivity index (χ0) is 22.9. The summed E-state index contributed by atoms with van der Waals surface area (Å²) in [5.74, 6) is 0. The Morgan fingerprint density at radius 1 is 0.714 bits per heavy atom. The molecule has 0 aliphatic carbocycles. The van der Waals surface area contributed by atoms with Gasteiger partial charge in [-0.1, -0.05) is 80.8 Å². The van der Waals surface area contributed by atoms with Crippen molar-refractivity contribution in [1.82, 2.24) is 12.4 Å². The third kappa shape index (κ3) is 4.02. The van der Waals surface area contributed by atoms with Crippen LogP contribution in [0, 0.1) is 0 Å². The standard InChI is InChI=1S/C18H48FN3OSi5/c1-17(2,3)27(18(4,5)6)22(26(15,16)19)28(23-27,20(7)24(9,10)11)21(8)25(12,13)14/h1-16H3. The van der Waals surface area contributed by atoms with Crippen LogP contribution in [0.1, 0.15) is 41.5 Å². The van der Waals surface area contributed by atoms with Crippen molar-refractivity contribution < 1.29 is 8.22 Å². The predicted octanol–water partition coefficient (Wildman–Crippen LogP) is 6.00. The second kappa shape index (κ2) is 7.19. The second-order valence-corrected chi connectivity index (χ2v) is 37.0. The van der Waals surface area contributed by atoms with Crippen LogP contribution in [-0.2, 0) is 4.12 Å². The highest BCUT2D eigenvalue weighted by atomic mass is 28.6. The van der Waals surface area contributed by atoms with Crippen LogP contribution < -0.4 is 0 Å². The van der Waals surface area contributed by atoms with Crippen molar-refractivity contribution >= 4 is 42.3 Å². The lowest BCUT2D eigenvalue weighted by Gasteiger charge is -2.77. The number of hydrogen-bond acceptors (Lipinski definition) is 4. The number of hydrogen-bond donors (Lipinski definition) is 0. The first kappa shape index (κ1) is 26.9. The first-order valence-corrected chi connectivity index (χ1v) is 23.9. The number of rotatable bonds is 5. The molecular weight excluding hydrogens is 434 g/mol. The van der Waals surface area contributed by atoms with Crippen molar-refractivity contribution in [3.05, 3.63) is 0 Å².